The zero-order valence-corrected chi connectivity index (χ0v) is 13.6. The SMILES string of the molecule is O=C(COc1ccccc1C(=O)NCC1CC1)Nc1ccccc1F. The van der Waals surface area contributed by atoms with Crippen LogP contribution in [0.5, 0.6) is 5.75 Å². The smallest absolute Gasteiger partial charge is 0.262 e. The predicted octanol–water partition coefficient (Wildman–Crippen LogP) is 2.98. The highest BCUT2D eigenvalue weighted by atomic mass is 19.1. The quantitative estimate of drug-likeness (QED) is 0.813. The first kappa shape index (κ1) is 17.0. The van der Waals surface area contributed by atoms with Crippen molar-refractivity contribution in [1.82, 2.24) is 5.32 Å². The summed E-state index contributed by atoms with van der Waals surface area (Å²) < 4.78 is 19.0. The molecule has 6 heteroatoms. The standard InChI is InChI=1S/C19H19FN2O3/c20-15-6-2-3-7-16(15)22-18(23)12-25-17-8-4-1-5-14(17)19(24)21-11-13-9-10-13/h1-8,13H,9-12H2,(H,21,24)(H,22,23). The molecule has 2 aromatic rings. The Balaban J connectivity index is 1.58. The van der Waals surface area contributed by atoms with Crippen molar-refractivity contribution in [3.63, 3.8) is 0 Å². The molecule has 1 saturated carbocycles. The van der Waals surface area contributed by atoms with Crippen LogP contribution in [0.15, 0.2) is 48.5 Å². The third-order valence-electron chi connectivity index (χ3n) is 3.89. The zero-order chi connectivity index (χ0) is 17.6. The number of carbonyl (C=O) groups excluding carboxylic acids is 2. The van der Waals surface area contributed by atoms with Gasteiger partial charge in [-0.3, -0.25) is 9.59 Å². The molecule has 2 amide bonds. The molecule has 0 unspecified atom stereocenters. The normalized spacial score (nSPS) is 13.2. The Morgan fingerprint density at radius 3 is 2.56 bits per heavy atom. The summed E-state index contributed by atoms with van der Waals surface area (Å²) in [5, 5.41) is 5.31. The minimum atomic E-state index is -0.518. The van der Waals surface area contributed by atoms with E-state index in [1.54, 1.807) is 30.3 Å². The Bertz CT molecular complexity index is 775. The second-order valence-electron chi connectivity index (χ2n) is 5.97. The van der Waals surface area contributed by atoms with Crippen LogP contribution in [-0.2, 0) is 4.79 Å². The molecule has 0 spiro atoms. The minimum absolute atomic E-state index is 0.0894. The van der Waals surface area contributed by atoms with E-state index in [2.05, 4.69) is 10.6 Å². The number of anilines is 1. The van der Waals surface area contributed by atoms with E-state index in [4.69, 9.17) is 4.74 Å². The van der Waals surface area contributed by atoms with Crippen molar-refractivity contribution in [2.45, 2.75) is 12.8 Å². The third-order valence-corrected chi connectivity index (χ3v) is 3.89. The van der Waals surface area contributed by atoms with Gasteiger partial charge in [0.05, 0.1) is 11.3 Å². The van der Waals surface area contributed by atoms with Gasteiger partial charge in [-0.2, -0.15) is 0 Å². The van der Waals surface area contributed by atoms with E-state index in [0.29, 0.717) is 23.8 Å². The fourth-order valence-corrected chi connectivity index (χ4v) is 2.33. The minimum Gasteiger partial charge on any atom is -0.483 e. The number of ether oxygens (including phenoxy) is 1. The van der Waals surface area contributed by atoms with Crippen LogP contribution >= 0.6 is 0 Å². The van der Waals surface area contributed by atoms with Crippen molar-refractivity contribution in [3.05, 3.63) is 59.9 Å². The number of benzene rings is 2. The number of para-hydroxylation sites is 2. The molecule has 0 saturated heterocycles. The van der Waals surface area contributed by atoms with E-state index in [1.165, 1.54) is 18.2 Å². The number of amides is 2. The summed E-state index contributed by atoms with van der Waals surface area (Å²) in [5.74, 6) is -0.353. The predicted molar refractivity (Wildman–Crippen MR) is 92.0 cm³/mol. The topological polar surface area (TPSA) is 67.4 Å². The van der Waals surface area contributed by atoms with Crippen LogP contribution in [-0.4, -0.2) is 25.0 Å². The van der Waals surface area contributed by atoms with Crippen LogP contribution in [0.2, 0.25) is 0 Å². The monoisotopic (exact) mass is 342 g/mol. The second kappa shape index (κ2) is 7.79. The summed E-state index contributed by atoms with van der Waals surface area (Å²) in [7, 11) is 0. The molecule has 1 aliphatic rings. The molecule has 130 valence electrons. The van der Waals surface area contributed by atoms with Gasteiger partial charge in [0, 0.05) is 6.54 Å². The van der Waals surface area contributed by atoms with Crippen molar-refractivity contribution < 1.29 is 18.7 Å². The Morgan fingerprint density at radius 1 is 1.08 bits per heavy atom. The number of hydrogen-bond donors (Lipinski definition) is 2. The lowest BCUT2D eigenvalue weighted by Gasteiger charge is -2.12. The summed E-state index contributed by atoms with van der Waals surface area (Å²) in [5.41, 5.74) is 0.466. The molecular weight excluding hydrogens is 323 g/mol. The maximum absolute atomic E-state index is 13.5. The molecule has 0 atom stereocenters. The molecule has 5 nitrogen and oxygen atoms in total. The van der Waals surface area contributed by atoms with E-state index in [1.807, 2.05) is 0 Å². The van der Waals surface area contributed by atoms with Crippen molar-refractivity contribution in [1.29, 1.82) is 0 Å². The molecule has 0 radical (unpaired) electrons. The fraction of sp³-hybridized carbons (Fsp3) is 0.263. The number of halogens is 1. The lowest BCUT2D eigenvalue weighted by atomic mass is 10.2. The van der Waals surface area contributed by atoms with Crippen molar-refractivity contribution in [2.75, 3.05) is 18.5 Å². The Labute approximate surface area is 145 Å². The van der Waals surface area contributed by atoms with Gasteiger partial charge in [0.25, 0.3) is 11.8 Å². The van der Waals surface area contributed by atoms with E-state index >= 15 is 0 Å². The van der Waals surface area contributed by atoms with Crippen molar-refractivity contribution in [2.24, 2.45) is 5.92 Å². The maximum atomic E-state index is 13.5. The van der Waals surface area contributed by atoms with E-state index < -0.39 is 11.7 Å². The Morgan fingerprint density at radius 2 is 1.80 bits per heavy atom. The summed E-state index contributed by atoms with van der Waals surface area (Å²) in [6.07, 6.45) is 2.29. The molecule has 2 aromatic carbocycles. The van der Waals surface area contributed by atoms with Gasteiger partial charge in [-0.1, -0.05) is 24.3 Å². The molecule has 0 aromatic heterocycles. The maximum Gasteiger partial charge on any atom is 0.262 e. The van der Waals surface area contributed by atoms with Crippen LogP contribution in [0.25, 0.3) is 0 Å². The molecule has 25 heavy (non-hydrogen) atoms. The molecule has 0 heterocycles. The number of nitrogens with one attached hydrogen (secondary N) is 2. The average molecular weight is 342 g/mol. The molecular formula is C19H19FN2O3. The van der Waals surface area contributed by atoms with Gasteiger partial charge in [-0.25, -0.2) is 4.39 Å². The highest BCUT2D eigenvalue weighted by Crippen LogP contribution is 2.28. The van der Waals surface area contributed by atoms with E-state index in [9.17, 15) is 14.0 Å². The van der Waals surface area contributed by atoms with Crippen LogP contribution in [0.1, 0.15) is 23.2 Å². The van der Waals surface area contributed by atoms with Crippen LogP contribution in [0.3, 0.4) is 0 Å². The van der Waals surface area contributed by atoms with Gasteiger partial charge in [-0.15, -0.1) is 0 Å². The average Bonchev–Trinajstić information content (AvgIpc) is 3.44. The number of carbonyl (C=O) groups is 2. The summed E-state index contributed by atoms with van der Waals surface area (Å²) >= 11 is 0. The zero-order valence-electron chi connectivity index (χ0n) is 13.6. The Hall–Kier alpha value is -2.89. The van der Waals surface area contributed by atoms with Gasteiger partial charge >= 0.3 is 0 Å². The van der Waals surface area contributed by atoms with Gasteiger partial charge in [0.15, 0.2) is 6.61 Å². The molecule has 0 bridgehead atoms. The molecule has 3 rings (SSSR count). The summed E-state index contributed by atoms with van der Waals surface area (Å²) in [6.45, 7) is 0.336. The first-order chi connectivity index (χ1) is 12.1. The first-order valence-corrected chi connectivity index (χ1v) is 8.18. The van der Waals surface area contributed by atoms with Crippen molar-refractivity contribution >= 4 is 17.5 Å². The van der Waals surface area contributed by atoms with Gasteiger partial charge in [-0.05, 0) is 43.0 Å². The number of hydrogen-bond acceptors (Lipinski definition) is 3. The van der Waals surface area contributed by atoms with Gasteiger partial charge in [0.2, 0.25) is 0 Å². The highest BCUT2D eigenvalue weighted by molar-refractivity contribution is 5.97. The lowest BCUT2D eigenvalue weighted by Crippen LogP contribution is -2.27. The van der Waals surface area contributed by atoms with Crippen LogP contribution in [0, 0.1) is 11.7 Å². The van der Waals surface area contributed by atoms with Gasteiger partial charge < -0.3 is 15.4 Å². The third kappa shape index (κ3) is 4.79. The highest BCUT2D eigenvalue weighted by Gasteiger charge is 2.22. The van der Waals surface area contributed by atoms with Crippen LogP contribution < -0.4 is 15.4 Å². The largest absolute Gasteiger partial charge is 0.483 e. The summed E-state index contributed by atoms with van der Waals surface area (Å²) in [4.78, 5) is 24.2. The second-order valence-corrected chi connectivity index (χ2v) is 5.97. The molecule has 0 aliphatic heterocycles. The number of rotatable bonds is 7. The lowest BCUT2D eigenvalue weighted by molar-refractivity contribution is -0.118. The first-order valence-electron chi connectivity index (χ1n) is 8.18. The van der Waals surface area contributed by atoms with E-state index in [-0.39, 0.29) is 18.2 Å². The summed E-state index contributed by atoms with van der Waals surface area (Å²) in [6, 6.07) is 12.6. The van der Waals surface area contributed by atoms with E-state index in [0.717, 1.165) is 12.8 Å². The van der Waals surface area contributed by atoms with Crippen LogP contribution in [0.4, 0.5) is 10.1 Å². The van der Waals surface area contributed by atoms with Gasteiger partial charge in [0.1, 0.15) is 11.6 Å². The Kier molecular flexibility index (Phi) is 5.28. The molecule has 1 aliphatic carbocycles. The molecule has 2 N–H and O–H groups in total. The molecule has 1 fully saturated rings. The van der Waals surface area contributed by atoms with Crippen molar-refractivity contribution in [3.8, 4) is 5.75 Å². The fourth-order valence-electron chi connectivity index (χ4n) is 2.33.